The zero-order chi connectivity index (χ0) is 23.1. The quantitative estimate of drug-likeness (QED) is 0.479. The molecule has 1 amide bonds. The summed E-state index contributed by atoms with van der Waals surface area (Å²) in [5.74, 6) is -1.64. The number of carbonyl (C=O) groups excluding carboxylic acids is 2. The number of carbonyl (C=O) groups is 2. The van der Waals surface area contributed by atoms with Gasteiger partial charge in [0.25, 0.3) is 5.91 Å². The molecule has 0 saturated heterocycles. The van der Waals surface area contributed by atoms with E-state index in [1.54, 1.807) is 12.1 Å². The summed E-state index contributed by atoms with van der Waals surface area (Å²) >= 11 is 1.43. The van der Waals surface area contributed by atoms with E-state index in [-0.39, 0.29) is 29.4 Å². The van der Waals surface area contributed by atoms with Crippen LogP contribution >= 0.6 is 11.3 Å². The lowest BCUT2D eigenvalue weighted by molar-refractivity contribution is -0.133. The predicted molar refractivity (Wildman–Crippen MR) is 118 cm³/mol. The number of ether oxygens (including phenoxy) is 1. The van der Waals surface area contributed by atoms with E-state index in [9.17, 15) is 22.4 Å². The number of likely N-dealkylation sites (N-methyl/N-ethyl adjacent to an activating group) is 1. The standard InChI is InChI=1S/C22H21FN2O5S2/c1-25(14-16-7-9-18(23)10-8-16)21(26)15-30-22(27)17-4-2-6-20(12-17)32(28,29)24-13-19-5-3-11-31-19/h2-12,24H,13-15H2,1H3. The maximum Gasteiger partial charge on any atom is 0.338 e. The number of esters is 1. The molecule has 0 radical (unpaired) electrons. The van der Waals surface area contributed by atoms with E-state index in [2.05, 4.69) is 4.72 Å². The fourth-order valence-corrected chi connectivity index (χ4v) is 4.51. The highest BCUT2D eigenvalue weighted by Crippen LogP contribution is 2.15. The fourth-order valence-electron chi connectivity index (χ4n) is 2.73. The van der Waals surface area contributed by atoms with Crippen LogP contribution < -0.4 is 4.72 Å². The summed E-state index contributed by atoms with van der Waals surface area (Å²) in [6.07, 6.45) is 0. The van der Waals surface area contributed by atoms with Crippen LogP contribution in [0.2, 0.25) is 0 Å². The van der Waals surface area contributed by atoms with Gasteiger partial charge in [0.05, 0.1) is 10.5 Å². The predicted octanol–water partition coefficient (Wildman–Crippen LogP) is 3.18. The minimum atomic E-state index is -3.83. The number of rotatable bonds is 9. The van der Waals surface area contributed by atoms with Gasteiger partial charge >= 0.3 is 5.97 Å². The number of thiophene rings is 1. The van der Waals surface area contributed by atoms with Gasteiger partial charge in [0.2, 0.25) is 10.0 Å². The number of hydrogen-bond donors (Lipinski definition) is 1. The zero-order valence-electron chi connectivity index (χ0n) is 17.2. The number of benzene rings is 2. The van der Waals surface area contributed by atoms with Crippen molar-refractivity contribution in [1.82, 2.24) is 9.62 Å². The smallest absolute Gasteiger partial charge is 0.338 e. The third-order valence-corrected chi connectivity index (χ3v) is 6.76. The largest absolute Gasteiger partial charge is 0.452 e. The first-order chi connectivity index (χ1) is 15.2. The first-order valence-electron chi connectivity index (χ1n) is 9.52. The van der Waals surface area contributed by atoms with E-state index in [1.165, 1.54) is 59.7 Å². The van der Waals surface area contributed by atoms with Gasteiger partial charge in [-0.05, 0) is 47.3 Å². The minimum Gasteiger partial charge on any atom is -0.452 e. The van der Waals surface area contributed by atoms with Gasteiger partial charge in [0.15, 0.2) is 6.61 Å². The van der Waals surface area contributed by atoms with E-state index in [4.69, 9.17) is 4.74 Å². The molecule has 1 heterocycles. The Kier molecular flexibility index (Phi) is 7.73. The molecule has 0 atom stereocenters. The molecule has 0 aliphatic rings. The monoisotopic (exact) mass is 476 g/mol. The van der Waals surface area contributed by atoms with Crippen molar-refractivity contribution in [1.29, 1.82) is 0 Å². The maximum absolute atomic E-state index is 13.0. The van der Waals surface area contributed by atoms with E-state index < -0.39 is 28.5 Å². The molecule has 0 unspecified atom stereocenters. The second-order valence-electron chi connectivity index (χ2n) is 6.88. The topological polar surface area (TPSA) is 92.8 Å². The molecule has 3 rings (SSSR count). The molecule has 0 fully saturated rings. The van der Waals surface area contributed by atoms with Gasteiger partial charge in [0.1, 0.15) is 5.82 Å². The molecule has 7 nitrogen and oxygen atoms in total. The van der Waals surface area contributed by atoms with E-state index in [1.807, 2.05) is 17.5 Å². The van der Waals surface area contributed by atoms with Crippen molar-refractivity contribution < 1.29 is 27.1 Å². The number of hydrogen-bond acceptors (Lipinski definition) is 6. The molecular weight excluding hydrogens is 455 g/mol. The van der Waals surface area contributed by atoms with Gasteiger partial charge in [-0.2, -0.15) is 0 Å². The lowest BCUT2D eigenvalue weighted by Gasteiger charge is -2.17. The molecule has 0 saturated carbocycles. The first kappa shape index (κ1) is 23.6. The average molecular weight is 477 g/mol. The third kappa shape index (κ3) is 6.46. The number of amides is 1. The molecular formula is C22H21FN2O5S2. The SMILES string of the molecule is CN(Cc1ccc(F)cc1)C(=O)COC(=O)c1cccc(S(=O)(=O)NCc2cccs2)c1. The van der Waals surface area contributed by atoms with Crippen molar-refractivity contribution in [2.24, 2.45) is 0 Å². The Morgan fingerprint density at radius 1 is 1.09 bits per heavy atom. The van der Waals surface area contributed by atoms with Gasteiger partial charge in [0, 0.05) is 25.0 Å². The summed E-state index contributed by atoms with van der Waals surface area (Å²) < 4.78 is 45.5. The Morgan fingerprint density at radius 2 is 1.84 bits per heavy atom. The summed E-state index contributed by atoms with van der Waals surface area (Å²) in [5.41, 5.74) is 0.736. The third-order valence-electron chi connectivity index (χ3n) is 4.48. The van der Waals surface area contributed by atoms with Crippen LogP contribution in [0.1, 0.15) is 20.8 Å². The van der Waals surface area contributed by atoms with Crippen LogP contribution in [0.3, 0.4) is 0 Å². The summed E-state index contributed by atoms with van der Waals surface area (Å²) in [4.78, 5) is 26.7. The lowest BCUT2D eigenvalue weighted by atomic mass is 10.2. The Balaban J connectivity index is 1.56. The van der Waals surface area contributed by atoms with Crippen LogP contribution in [0.15, 0.2) is 70.9 Å². The summed E-state index contributed by atoms with van der Waals surface area (Å²) in [6.45, 7) is -0.145. The normalized spacial score (nSPS) is 11.2. The Hall–Kier alpha value is -3.08. The number of halogens is 1. The fraction of sp³-hybridized carbons (Fsp3) is 0.182. The van der Waals surface area contributed by atoms with Crippen molar-refractivity contribution in [3.63, 3.8) is 0 Å². The summed E-state index contributed by atoms with van der Waals surface area (Å²) in [7, 11) is -2.29. The molecule has 0 aliphatic heterocycles. The molecule has 10 heteroatoms. The number of sulfonamides is 1. The first-order valence-corrected chi connectivity index (χ1v) is 11.9. The van der Waals surface area contributed by atoms with Crippen LogP contribution in [-0.2, 0) is 32.6 Å². The number of nitrogens with zero attached hydrogens (tertiary/aromatic N) is 1. The van der Waals surface area contributed by atoms with Gasteiger partial charge in [-0.15, -0.1) is 11.3 Å². The molecule has 0 aliphatic carbocycles. The molecule has 3 aromatic rings. The van der Waals surface area contributed by atoms with E-state index >= 15 is 0 Å². The van der Waals surface area contributed by atoms with Gasteiger partial charge < -0.3 is 9.64 Å². The Morgan fingerprint density at radius 3 is 2.53 bits per heavy atom. The molecule has 168 valence electrons. The second-order valence-corrected chi connectivity index (χ2v) is 9.68. The maximum atomic E-state index is 13.0. The van der Waals surface area contributed by atoms with Crippen molar-refractivity contribution in [2.45, 2.75) is 18.0 Å². The zero-order valence-corrected chi connectivity index (χ0v) is 18.8. The molecule has 2 aromatic carbocycles. The lowest BCUT2D eigenvalue weighted by Crippen LogP contribution is -2.30. The van der Waals surface area contributed by atoms with E-state index in [0.29, 0.717) is 0 Å². The summed E-state index contributed by atoms with van der Waals surface area (Å²) in [5, 5.41) is 1.85. The highest BCUT2D eigenvalue weighted by Gasteiger charge is 2.18. The second kappa shape index (κ2) is 10.5. The van der Waals surface area contributed by atoms with Crippen molar-refractivity contribution in [3.05, 3.63) is 87.9 Å². The molecule has 32 heavy (non-hydrogen) atoms. The van der Waals surface area contributed by atoms with E-state index in [0.717, 1.165) is 10.4 Å². The Labute approximate surface area is 189 Å². The molecule has 1 N–H and O–H groups in total. The van der Waals surface area contributed by atoms with Crippen LogP contribution in [0, 0.1) is 5.82 Å². The van der Waals surface area contributed by atoms with Crippen molar-refractivity contribution >= 4 is 33.2 Å². The van der Waals surface area contributed by atoms with Crippen molar-refractivity contribution in [3.8, 4) is 0 Å². The van der Waals surface area contributed by atoms with Crippen LogP contribution in [0.5, 0.6) is 0 Å². The number of nitrogens with one attached hydrogen (secondary N) is 1. The van der Waals surface area contributed by atoms with Crippen molar-refractivity contribution in [2.75, 3.05) is 13.7 Å². The highest BCUT2D eigenvalue weighted by molar-refractivity contribution is 7.89. The molecule has 0 bridgehead atoms. The van der Waals surface area contributed by atoms with Gasteiger partial charge in [-0.3, -0.25) is 4.79 Å². The Bertz CT molecular complexity index is 1180. The van der Waals surface area contributed by atoms with Gasteiger partial charge in [-0.25, -0.2) is 22.3 Å². The van der Waals surface area contributed by atoms with Crippen LogP contribution in [-0.4, -0.2) is 38.8 Å². The molecule has 0 spiro atoms. The van der Waals surface area contributed by atoms with Crippen LogP contribution in [0.25, 0.3) is 0 Å². The summed E-state index contributed by atoms with van der Waals surface area (Å²) in [6, 6.07) is 14.8. The minimum absolute atomic E-state index is 0.0120. The van der Waals surface area contributed by atoms with Crippen LogP contribution in [0.4, 0.5) is 4.39 Å². The average Bonchev–Trinajstić information content (AvgIpc) is 3.31. The molecule has 1 aromatic heterocycles. The van der Waals surface area contributed by atoms with Gasteiger partial charge in [-0.1, -0.05) is 24.3 Å². The highest BCUT2D eigenvalue weighted by atomic mass is 32.2.